The molecule has 1 aliphatic carbocycles. The van der Waals surface area contributed by atoms with Crippen LogP contribution in [0.4, 0.5) is 0 Å². The van der Waals surface area contributed by atoms with Crippen molar-refractivity contribution in [2.45, 2.75) is 64.1 Å². The highest BCUT2D eigenvalue weighted by molar-refractivity contribution is 5.07. The lowest BCUT2D eigenvalue weighted by Gasteiger charge is -2.28. The first kappa shape index (κ1) is 12.9. The average molecular weight is 235 g/mol. The summed E-state index contributed by atoms with van der Waals surface area (Å²) in [6.45, 7) is 8.93. The largest absolute Gasteiger partial charge is 0.300 e. The lowest BCUT2D eigenvalue weighted by atomic mass is 9.99. The zero-order chi connectivity index (χ0) is 12.5. The Morgan fingerprint density at radius 3 is 2.59 bits per heavy atom. The second-order valence-corrected chi connectivity index (χ2v) is 6.30. The monoisotopic (exact) mass is 235 g/mol. The second kappa shape index (κ2) is 4.96. The molecule has 17 heavy (non-hydrogen) atoms. The van der Waals surface area contributed by atoms with Crippen LogP contribution in [-0.4, -0.2) is 35.6 Å². The lowest BCUT2D eigenvalue weighted by molar-refractivity contribution is 0.236. The fraction of sp³-hybridized carbons (Fsp3) is 0.929. The lowest BCUT2D eigenvalue weighted by Crippen LogP contribution is -2.45. The molecule has 1 heterocycles. The topological polar surface area (TPSA) is 39.1 Å². The minimum atomic E-state index is -0.327. The minimum absolute atomic E-state index is 0.327. The van der Waals surface area contributed by atoms with E-state index in [2.05, 4.69) is 37.1 Å². The molecule has 1 N–H and O–H groups in total. The summed E-state index contributed by atoms with van der Waals surface area (Å²) >= 11 is 0. The molecule has 0 aromatic heterocycles. The molecule has 0 aromatic carbocycles. The quantitative estimate of drug-likeness (QED) is 0.793. The van der Waals surface area contributed by atoms with E-state index < -0.39 is 0 Å². The minimum Gasteiger partial charge on any atom is -0.300 e. The number of nitriles is 1. The third-order valence-corrected chi connectivity index (χ3v) is 4.16. The van der Waals surface area contributed by atoms with Crippen LogP contribution in [0.3, 0.4) is 0 Å². The Bertz CT molecular complexity index is 305. The van der Waals surface area contributed by atoms with Crippen molar-refractivity contribution in [3.63, 3.8) is 0 Å². The van der Waals surface area contributed by atoms with Crippen LogP contribution in [0.2, 0.25) is 0 Å². The SMILES string of the molecule is CC1CC(C)N(CCC(C)(C#N)NC2CC2)C1. The van der Waals surface area contributed by atoms with Crippen molar-refractivity contribution in [1.82, 2.24) is 10.2 Å². The highest BCUT2D eigenvalue weighted by Crippen LogP contribution is 2.26. The van der Waals surface area contributed by atoms with E-state index in [1.807, 2.05) is 0 Å². The molecule has 3 heteroatoms. The molecular formula is C14H25N3. The molecule has 3 atom stereocenters. The molecule has 1 saturated heterocycles. The van der Waals surface area contributed by atoms with Crippen molar-refractivity contribution in [2.24, 2.45) is 5.92 Å². The maximum Gasteiger partial charge on any atom is 0.105 e. The van der Waals surface area contributed by atoms with Gasteiger partial charge in [0, 0.05) is 25.2 Å². The maximum atomic E-state index is 9.32. The molecule has 2 fully saturated rings. The molecule has 1 saturated carbocycles. The molecule has 2 rings (SSSR count). The fourth-order valence-electron chi connectivity index (χ4n) is 2.90. The summed E-state index contributed by atoms with van der Waals surface area (Å²) in [5.74, 6) is 0.815. The van der Waals surface area contributed by atoms with E-state index in [1.54, 1.807) is 0 Å². The molecular weight excluding hydrogens is 210 g/mol. The Labute approximate surface area is 105 Å². The summed E-state index contributed by atoms with van der Waals surface area (Å²) in [6, 6.07) is 3.76. The summed E-state index contributed by atoms with van der Waals surface area (Å²) in [6.07, 6.45) is 4.74. The van der Waals surface area contributed by atoms with E-state index in [4.69, 9.17) is 0 Å². The fourth-order valence-corrected chi connectivity index (χ4v) is 2.90. The number of hydrogen-bond acceptors (Lipinski definition) is 3. The normalized spacial score (nSPS) is 33.3. The molecule has 0 bridgehead atoms. The molecule has 3 unspecified atom stereocenters. The summed E-state index contributed by atoms with van der Waals surface area (Å²) in [5, 5.41) is 12.8. The van der Waals surface area contributed by atoms with Gasteiger partial charge in [-0.15, -0.1) is 0 Å². The van der Waals surface area contributed by atoms with E-state index in [0.29, 0.717) is 12.1 Å². The van der Waals surface area contributed by atoms with Gasteiger partial charge in [-0.25, -0.2) is 0 Å². The number of nitrogens with zero attached hydrogens (tertiary/aromatic N) is 2. The molecule has 0 spiro atoms. The summed E-state index contributed by atoms with van der Waals surface area (Å²) in [4.78, 5) is 2.54. The van der Waals surface area contributed by atoms with Gasteiger partial charge in [0.15, 0.2) is 0 Å². The van der Waals surface area contributed by atoms with Crippen LogP contribution in [0, 0.1) is 17.2 Å². The van der Waals surface area contributed by atoms with Gasteiger partial charge in [-0.2, -0.15) is 5.26 Å². The highest BCUT2D eigenvalue weighted by atomic mass is 15.2. The van der Waals surface area contributed by atoms with Crippen molar-refractivity contribution in [3.05, 3.63) is 0 Å². The number of nitrogens with one attached hydrogen (secondary N) is 1. The highest BCUT2D eigenvalue weighted by Gasteiger charge is 2.34. The van der Waals surface area contributed by atoms with Crippen molar-refractivity contribution >= 4 is 0 Å². The zero-order valence-electron chi connectivity index (χ0n) is 11.4. The Morgan fingerprint density at radius 1 is 1.41 bits per heavy atom. The van der Waals surface area contributed by atoms with Gasteiger partial charge >= 0.3 is 0 Å². The average Bonchev–Trinajstić information content (AvgIpc) is 3.01. The van der Waals surface area contributed by atoms with Crippen LogP contribution in [-0.2, 0) is 0 Å². The first-order chi connectivity index (χ1) is 8.02. The van der Waals surface area contributed by atoms with Gasteiger partial charge in [0.1, 0.15) is 5.54 Å². The Hall–Kier alpha value is -0.590. The molecule has 0 radical (unpaired) electrons. The third kappa shape index (κ3) is 3.43. The molecule has 0 aromatic rings. The van der Waals surface area contributed by atoms with Gasteiger partial charge in [0.05, 0.1) is 6.07 Å². The van der Waals surface area contributed by atoms with Crippen molar-refractivity contribution in [3.8, 4) is 6.07 Å². The van der Waals surface area contributed by atoms with Crippen LogP contribution in [0.5, 0.6) is 0 Å². The molecule has 3 nitrogen and oxygen atoms in total. The van der Waals surface area contributed by atoms with Gasteiger partial charge in [-0.05, 0) is 45.4 Å². The number of hydrogen-bond donors (Lipinski definition) is 1. The van der Waals surface area contributed by atoms with Crippen molar-refractivity contribution in [2.75, 3.05) is 13.1 Å². The third-order valence-electron chi connectivity index (χ3n) is 4.16. The predicted octanol–water partition coefficient (Wildman–Crippen LogP) is 2.14. The Morgan fingerprint density at radius 2 is 2.12 bits per heavy atom. The van der Waals surface area contributed by atoms with E-state index in [9.17, 15) is 5.26 Å². The number of rotatable bonds is 5. The summed E-state index contributed by atoms with van der Waals surface area (Å²) in [7, 11) is 0. The van der Waals surface area contributed by atoms with Gasteiger partial charge < -0.3 is 4.90 Å². The first-order valence-corrected chi connectivity index (χ1v) is 6.95. The van der Waals surface area contributed by atoms with Crippen LogP contribution < -0.4 is 5.32 Å². The van der Waals surface area contributed by atoms with E-state index in [0.717, 1.165) is 18.9 Å². The second-order valence-electron chi connectivity index (χ2n) is 6.30. The van der Waals surface area contributed by atoms with Gasteiger partial charge in [0.25, 0.3) is 0 Å². The van der Waals surface area contributed by atoms with E-state index in [-0.39, 0.29) is 5.54 Å². The number of likely N-dealkylation sites (tertiary alicyclic amines) is 1. The standard InChI is InChI=1S/C14H25N3/c1-11-8-12(2)17(9-11)7-6-14(3,10-15)16-13-4-5-13/h11-13,16H,4-9H2,1-3H3. The zero-order valence-corrected chi connectivity index (χ0v) is 11.4. The smallest absolute Gasteiger partial charge is 0.105 e. The van der Waals surface area contributed by atoms with Crippen LogP contribution in [0.1, 0.15) is 46.5 Å². The van der Waals surface area contributed by atoms with Crippen molar-refractivity contribution in [1.29, 1.82) is 5.26 Å². The van der Waals surface area contributed by atoms with Crippen LogP contribution in [0.15, 0.2) is 0 Å². The van der Waals surface area contributed by atoms with Crippen molar-refractivity contribution < 1.29 is 0 Å². The van der Waals surface area contributed by atoms with Gasteiger partial charge in [0.2, 0.25) is 0 Å². The Balaban J connectivity index is 1.81. The molecule has 2 aliphatic rings. The van der Waals surface area contributed by atoms with E-state index >= 15 is 0 Å². The molecule has 1 aliphatic heterocycles. The summed E-state index contributed by atoms with van der Waals surface area (Å²) in [5.41, 5.74) is -0.327. The predicted molar refractivity (Wildman–Crippen MR) is 69.6 cm³/mol. The van der Waals surface area contributed by atoms with Crippen LogP contribution >= 0.6 is 0 Å². The summed E-state index contributed by atoms with van der Waals surface area (Å²) < 4.78 is 0. The van der Waals surface area contributed by atoms with E-state index in [1.165, 1.54) is 25.8 Å². The molecule has 0 amide bonds. The van der Waals surface area contributed by atoms with Gasteiger partial charge in [-0.1, -0.05) is 6.92 Å². The van der Waals surface area contributed by atoms with Gasteiger partial charge in [-0.3, -0.25) is 5.32 Å². The van der Waals surface area contributed by atoms with Crippen LogP contribution in [0.25, 0.3) is 0 Å². The first-order valence-electron chi connectivity index (χ1n) is 6.95. The molecule has 96 valence electrons. The Kier molecular flexibility index (Phi) is 3.75. The maximum absolute atomic E-state index is 9.32.